The lowest BCUT2D eigenvalue weighted by Crippen LogP contribution is -2.19. The number of allylic oxidation sites excluding steroid dienone is 3. The molecule has 3 N–H and O–H groups in total. The number of amides is 1. The van der Waals surface area contributed by atoms with Gasteiger partial charge in [0.25, 0.3) is 0 Å². The predicted octanol–water partition coefficient (Wildman–Crippen LogP) is 1.14. The van der Waals surface area contributed by atoms with Gasteiger partial charge < -0.3 is 5.32 Å². The number of carbonyl (C=O) groups is 1. The molecular formula is C11H14N2O3S2. The summed E-state index contributed by atoms with van der Waals surface area (Å²) in [5.74, 6) is -0.237. The van der Waals surface area contributed by atoms with Gasteiger partial charge in [-0.1, -0.05) is 18.2 Å². The van der Waals surface area contributed by atoms with E-state index in [2.05, 4.69) is 5.32 Å². The first-order valence-electron chi connectivity index (χ1n) is 5.12. The van der Waals surface area contributed by atoms with Crippen LogP contribution in [0.4, 0.5) is 0 Å². The van der Waals surface area contributed by atoms with E-state index in [1.807, 2.05) is 6.92 Å². The van der Waals surface area contributed by atoms with E-state index < -0.39 is 10.0 Å². The summed E-state index contributed by atoms with van der Waals surface area (Å²) in [5, 5.41) is 7.62. The molecule has 0 saturated carbocycles. The van der Waals surface area contributed by atoms with Gasteiger partial charge in [-0.3, -0.25) is 4.79 Å². The topological polar surface area (TPSA) is 89.3 Å². The smallest absolute Gasteiger partial charge is 0.247 e. The zero-order valence-corrected chi connectivity index (χ0v) is 11.4. The Bertz CT molecular complexity index is 571. The van der Waals surface area contributed by atoms with E-state index in [1.165, 1.54) is 12.1 Å². The summed E-state index contributed by atoms with van der Waals surface area (Å²) in [4.78, 5) is 12.1. The van der Waals surface area contributed by atoms with Crippen LogP contribution in [0.15, 0.2) is 40.6 Å². The molecule has 1 aromatic rings. The first-order valence-corrected chi connectivity index (χ1v) is 7.48. The van der Waals surface area contributed by atoms with Crippen LogP contribution in [0.3, 0.4) is 0 Å². The normalized spacial score (nSPS) is 12.3. The number of nitrogens with one attached hydrogen (secondary N) is 1. The molecule has 5 nitrogen and oxygen atoms in total. The summed E-state index contributed by atoms with van der Waals surface area (Å²) in [6.07, 6.45) is 6.57. The number of sulfonamides is 1. The molecule has 0 aromatic carbocycles. The first-order chi connectivity index (χ1) is 8.43. The minimum atomic E-state index is -3.66. The Morgan fingerprint density at radius 3 is 2.72 bits per heavy atom. The number of thiophene rings is 1. The lowest BCUT2D eigenvalue weighted by atomic mass is 10.4. The second kappa shape index (κ2) is 6.48. The van der Waals surface area contributed by atoms with Gasteiger partial charge in [0.15, 0.2) is 0 Å². The van der Waals surface area contributed by atoms with Crippen LogP contribution in [0.1, 0.15) is 11.8 Å². The van der Waals surface area contributed by atoms with Crippen molar-refractivity contribution >= 4 is 27.3 Å². The highest BCUT2D eigenvalue weighted by atomic mass is 32.2. The van der Waals surface area contributed by atoms with Gasteiger partial charge in [0.2, 0.25) is 15.9 Å². The molecule has 0 unspecified atom stereocenters. The maximum absolute atomic E-state index is 11.3. The van der Waals surface area contributed by atoms with E-state index >= 15 is 0 Å². The zero-order chi connectivity index (χ0) is 13.6. The van der Waals surface area contributed by atoms with Crippen molar-refractivity contribution in [2.75, 3.05) is 0 Å². The van der Waals surface area contributed by atoms with Gasteiger partial charge >= 0.3 is 0 Å². The van der Waals surface area contributed by atoms with Gasteiger partial charge in [-0.25, -0.2) is 13.6 Å². The zero-order valence-electron chi connectivity index (χ0n) is 9.79. The number of rotatable bonds is 5. The van der Waals surface area contributed by atoms with Crippen LogP contribution in [0.2, 0.25) is 0 Å². The predicted molar refractivity (Wildman–Crippen MR) is 71.5 cm³/mol. The van der Waals surface area contributed by atoms with Crippen LogP contribution in [0, 0.1) is 0 Å². The van der Waals surface area contributed by atoms with Gasteiger partial charge in [0.1, 0.15) is 4.21 Å². The van der Waals surface area contributed by atoms with Crippen LogP contribution < -0.4 is 10.5 Å². The Balaban J connectivity index is 2.54. The number of hydrogen-bond donors (Lipinski definition) is 2. The SMILES string of the molecule is C/C=C/C=C/C(=O)NCc1ccc(S(N)(=O)=O)s1. The van der Waals surface area contributed by atoms with Gasteiger partial charge in [0.05, 0.1) is 6.54 Å². The molecule has 98 valence electrons. The molecule has 7 heteroatoms. The highest BCUT2D eigenvalue weighted by Gasteiger charge is 2.11. The Hall–Kier alpha value is -1.44. The summed E-state index contributed by atoms with van der Waals surface area (Å²) in [6, 6.07) is 3.05. The van der Waals surface area contributed by atoms with Crippen molar-refractivity contribution in [3.8, 4) is 0 Å². The first kappa shape index (κ1) is 14.6. The van der Waals surface area contributed by atoms with Crippen LogP contribution in [0.5, 0.6) is 0 Å². The fourth-order valence-corrected chi connectivity index (χ4v) is 2.81. The third kappa shape index (κ3) is 4.82. The second-order valence-corrected chi connectivity index (χ2v) is 6.33. The maximum Gasteiger partial charge on any atom is 0.247 e. The monoisotopic (exact) mass is 286 g/mol. The van der Waals surface area contributed by atoms with Crippen molar-refractivity contribution in [3.63, 3.8) is 0 Å². The van der Waals surface area contributed by atoms with E-state index in [4.69, 9.17) is 5.14 Å². The molecular weight excluding hydrogens is 272 g/mol. The molecule has 0 aliphatic heterocycles. The van der Waals surface area contributed by atoms with E-state index in [9.17, 15) is 13.2 Å². The maximum atomic E-state index is 11.3. The van der Waals surface area contributed by atoms with E-state index in [1.54, 1.807) is 24.3 Å². The fourth-order valence-electron chi connectivity index (χ4n) is 1.09. The van der Waals surface area contributed by atoms with Crippen molar-refractivity contribution in [3.05, 3.63) is 41.3 Å². The minimum absolute atomic E-state index is 0.0937. The van der Waals surface area contributed by atoms with Crippen LogP contribution in [-0.4, -0.2) is 14.3 Å². The summed E-state index contributed by atoms with van der Waals surface area (Å²) >= 11 is 1.04. The van der Waals surface area contributed by atoms with Crippen molar-refractivity contribution < 1.29 is 13.2 Å². The molecule has 0 saturated heterocycles. The highest BCUT2D eigenvalue weighted by molar-refractivity contribution is 7.91. The second-order valence-electron chi connectivity index (χ2n) is 3.37. The molecule has 0 spiro atoms. The molecule has 1 aromatic heterocycles. The third-order valence-corrected chi connectivity index (χ3v) is 4.43. The van der Waals surface area contributed by atoms with Crippen LogP contribution >= 0.6 is 11.3 Å². The molecule has 0 bridgehead atoms. The molecule has 0 aliphatic carbocycles. The molecule has 0 atom stereocenters. The highest BCUT2D eigenvalue weighted by Crippen LogP contribution is 2.19. The molecule has 1 rings (SSSR count). The summed E-state index contributed by atoms with van der Waals surface area (Å²) in [7, 11) is -3.66. The number of primary sulfonamides is 1. The molecule has 1 amide bonds. The Morgan fingerprint density at radius 2 is 2.17 bits per heavy atom. The van der Waals surface area contributed by atoms with E-state index in [0.717, 1.165) is 16.2 Å². The Morgan fingerprint density at radius 1 is 1.44 bits per heavy atom. The van der Waals surface area contributed by atoms with Gasteiger partial charge in [-0.15, -0.1) is 11.3 Å². The minimum Gasteiger partial charge on any atom is -0.348 e. The van der Waals surface area contributed by atoms with Gasteiger partial charge in [-0.05, 0) is 19.1 Å². The Labute approximate surface area is 110 Å². The Kier molecular flexibility index (Phi) is 5.26. The number of nitrogens with two attached hydrogens (primary N) is 1. The van der Waals surface area contributed by atoms with Gasteiger partial charge in [-0.2, -0.15) is 0 Å². The molecule has 18 heavy (non-hydrogen) atoms. The third-order valence-electron chi connectivity index (χ3n) is 1.91. The van der Waals surface area contributed by atoms with Crippen molar-refractivity contribution in [2.24, 2.45) is 5.14 Å². The van der Waals surface area contributed by atoms with Crippen molar-refractivity contribution in [2.45, 2.75) is 17.7 Å². The number of hydrogen-bond acceptors (Lipinski definition) is 4. The van der Waals surface area contributed by atoms with Crippen molar-refractivity contribution in [1.29, 1.82) is 0 Å². The van der Waals surface area contributed by atoms with Crippen LogP contribution in [-0.2, 0) is 21.4 Å². The largest absolute Gasteiger partial charge is 0.348 e. The van der Waals surface area contributed by atoms with Crippen LogP contribution in [0.25, 0.3) is 0 Å². The fraction of sp³-hybridized carbons (Fsp3) is 0.182. The summed E-state index contributed by atoms with van der Waals surface area (Å²) < 4.78 is 22.2. The van der Waals surface area contributed by atoms with E-state index in [0.29, 0.717) is 0 Å². The summed E-state index contributed by atoms with van der Waals surface area (Å²) in [5.41, 5.74) is 0. The lowest BCUT2D eigenvalue weighted by molar-refractivity contribution is -0.116. The molecule has 0 aliphatic rings. The lowest BCUT2D eigenvalue weighted by Gasteiger charge is -1.98. The quantitative estimate of drug-likeness (QED) is 0.628. The number of carbonyl (C=O) groups excluding carboxylic acids is 1. The average Bonchev–Trinajstić information content (AvgIpc) is 2.75. The molecule has 1 heterocycles. The molecule has 0 radical (unpaired) electrons. The average molecular weight is 286 g/mol. The van der Waals surface area contributed by atoms with Gasteiger partial charge in [0, 0.05) is 11.0 Å². The standard InChI is InChI=1S/C11H14N2O3S2/c1-2-3-4-5-10(14)13-8-9-6-7-11(17-9)18(12,15)16/h2-7H,8H2,1H3,(H,13,14)(H2,12,15,16)/b3-2+,5-4+. The molecule has 0 fully saturated rings. The summed E-state index contributed by atoms with van der Waals surface area (Å²) in [6.45, 7) is 2.13. The van der Waals surface area contributed by atoms with E-state index in [-0.39, 0.29) is 16.7 Å². The van der Waals surface area contributed by atoms with Crippen molar-refractivity contribution in [1.82, 2.24) is 5.32 Å².